The van der Waals surface area contributed by atoms with Gasteiger partial charge in [0.15, 0.2) is 0 Å². The average molecular weight is 315 g/mol. The Morgan fingerprint density at radius 1 is 1.00 bits per heavy atom. The maximum absolute atomic E-state index is 12.8. The second-order valence-corrected chi connectivity index (χ2v) is 5.46. The van der Waals surface area contributed by atoms with Crippen LogP contribution in [0.5, 0.6) is 5.75 Å². The van der Waals surface area contributed by atoms with Crippen molar-refractivity contribution < 1.29 is 13.9 Å². The van der Waals surface area contributed by atoms with Gasteiger partial charge >= 0.3 is 0 Å². The summed E-state index contributed by atoms with van der Waals surface area (Å²) in [6.45, 7) is 0.663. The first-order valence-electron chi connectivity index (χ1n) is 7.81. The molecular formula is C19H22FNO2. The molecule has 0 saturated carbocycles. The molecule has 2 aromatic carbocycles. The van der Waals surface area contributed by atoms with Crippen LogP contribution in [0.1, 0.15) is 24.0 Å². The lowest BCUT2D eigenvalue weighted by Crippen LogP contribution is -2.26. The number of nitrogens with one attached hydrogen (secondary N) is 1. The Labute approximate surface area is 136 Å². The number of carbonyl (C=O) groups is 1. The van der Waals surface area contributed by atoms with Crippen molar-refractivity contribution >= 4 is 5.91 Å². The minimum atomic E-state index is -0.209. The Kier molecular flexibility index (Phi) is 6.60. The van der Waals surface area contributed by atoms with Crippen molar-refractivity contribution in [2.24, 2.45) is 0 Å². The summed E-state index contributed by atoms with van der Waals surface area (Å²) in [6, 6.07) is 14.1. The number of hydrogen-bond acceptors (Lipinski definition) is 2. The number of carbonyl (C=O) groups excluding carboxylic acids is 1. The van der Waals surface area contributed by atoms with Crippen molar-refractivity contribution in [1.29, 1.82) is 0 Å². The van der Waals surface area contributed by atoms with Gasteiger partial charge < -0.3 is 10.1 Å². The van der Waals surface area contributed by atoms with Crippen LogP contribution in [-0.4, -0.2) is 19.6 Å². The van der Waals surface area contributed by atoms with Crippen molar-refractivity contribution in [3.8, 4) is 5.75 Å². The Morgan fingerprint density at radius 2 is 1.65 bits per heavy atom. The molecule has 0 unspecified atom stereocenters. The number of halogens is 1. The van der Waals surface area contributed by atoms with E-state index in [-0.39, 0.29) is 11.7 Å². The summed E-state index contributed by atoms with van der Waals surface area (Å²) in [4.78, 5) is 11.9. The minimum Gasteiger partial charge on any atom is -0.497 e. The van der Waals surface area contributed by atoms with Gasteiger partial charge in [-0.25, -0.2) is 4.39 Å². The predicted octanol–water partition coefficient (Wildman–Crippen LogP) is 3.52. The molecule has 0 aliphatic carbocycles. The van der Waals surface area contributed by atoms with Crippen molar-refractivity contribution in [2.45, 2.75) is 25.7 Å². The number of aryl methyl sites for hydroxylation is 1. The van der Waals surface area contributed by atoms with Crippen LogP contribution in [0.25, 0.3) is 0 Å². The van der Waals surface area contributed by atoms with Crippen LogP contribution in [-0.2, 0) is 17.6 Å². The van der Waals surface area contributed by atoms with Gasteiger partial charge in [0, 0.05) is 6.54 Å². The van der Waals surface area contributed by atoms with Crippen LogP contribution in [0.3, 0.4) is 0 Å². The van der Waals surface area contributed by atoms with Crippen LogP contribution in [0.2, 0.25) is 0 Å². The standard InChI is InChI=1S/C19H22FNO2/c1-23-18-11-7-16(8-12-18)14-19(22)21-13-3-2-4-15-5-9-17(20)10-6-15/h5-12H,2-4,13-14H2,1H3,(H,21,22). The summed E-state index contributed by atoms with van der Waals surface area (Å²) in [7, 11) is 1.62. The van der Waals surface area contributed by atoms with Gasteiger partial charge in [-0.3, -0.25) is 4.79 Å². The maximum atomic E-state index is 12.8. The van der Waals surface area contributed by atoms with Crippen molar-refractivity contribution in [1.82, 2.24) is 5.32 Å². The molecule has 23 heavy (non-hydrogen) atoms. The third-order valence-electron chi connectivity index (χ3n) is 3.65. The third kappa shape index (κ3) is 6.10. The van der Waals surface area contributed by atoms with Crippen LogP contribution >= 0.6 is 0 Å². The minimum absolute atomic E-state index is 0.0250. The monoisotopic (exact) mass is 315 g/mol. The Balaban J connectivity index is 1.61. The molecule has 0 heterocycles. The van der Waals surface area contributed by atoms with Crippen molar-refractivity contribution in [2.75, 3.05) is 13.7 Å². The van der Waals surface area contributed by atoms with Crippen LogP contribution < -0.4 is 10.1 Å². The fourth-order valence-electron chi connectivity index (χ4n) is 2.32. The highest BCUT2D eigenvalue weighted by atomic mass is 19.1. The smallest absolute Gasteiger partial charge is 0.224 e. The summed E-state index contributed by atoms with van der Waals surface area (Å²) in [5.74, 6) is 0.603. The second kappa shape index (κ2) is 8.93. The number of ether oxygens (including phenoxy) is 1. The fourth-order valence-corrected chi connectivity index (χ4v) is 2.32. The number of amides is 1. The molecule has 2 rings (SSSR count). The first-order chi connectivity index (χ1) is 11.2. The number of rotatable bonds is 8. The van der Waals surface area contributed by atoms with Gasteiger partial charge in [0.1, 0.15) is 11.6 Å². The quantitative estimate of drug-likeness (QED) is 0.757. The second-order valence-electron chi connectivity index (χ2n) is 5.46. The number of unbranched alkanes of at least 4 members (excludes halogenated alkanes) is 1. The highest BCUT2D eigenvalue weighted by Crippen LogP contribution is 2.11. The fraction of sp³-hybridized carbons (Fsp3) is 0.316. The van der Waals surface area contributed by atoms with Gasteiger partial charge in [-0.05, 0) is 54.7 Å². The van der Waals surface area contributed by atoms with E-state index in [9.17, 15) is 9.18 Å². The first-order valence-corrected chi connectivity index (χ1v) is 7.81. The molecular weight excluding hydrogens is 293 g/mol. The molecule has 3 nitrogen and oxygen atoms in total. The van der Waals surface area contributed by atoms with E-state index in [4.69, 9.17) is 4.74 Å². The summed E-state index contributed by atoms with van der Waals surface area (Å²) in [5.41, 5.74) is 2.09. The molecule has 0 aromatic heterocycles. The van der Waals surface area contributed by atoms with Gasteiger partial charge in [0.2, 0.25) is 5.91 Å². The predicted molar refractivity (Wildman–Crippen MR) is 89.0 cm³/mol. The topological polar surface area (TPSA) is 38.3 Å². The van der Waals surface area contributed by atoms with Gasteiger partial charge in [-0.1, -0.05) is 24.3 Å². The molecule has 0 fully saturated rings. The van der Waals surface area contributed by atoms with E-state index in [1.54, 1.807) is 19.2 Å². The van der Waals surface area contributed by atoms with Crippen molar-refractivity contribution in [3.05, 3.63) is 65.5 Å². The van der Waals surface area contributed by atoms with Gasteiger partial charge in [-0.15, -0.1) is 0 Å². The molecule has 2 aromatic rings. The van der Waals surface area contributed by atoms with E-state index >= 15 is 0 Å². The van der Waals surface area contributed by atoms with Gasteiger partial charge in [0.05, 0.1) is 13.5 Å². The van der Waals surface area contributed by atoms with E-state index < -0.39 is 0 Å². The lowest BCUT2D eigenvalue weighted by atomic mass is 10.1. The maximum Gasteiger partial charge on any atom is 0.224 e. The van der Waals surface area contributed by atoms with Gasteiger partial charge in [0.25, 0.3) is 0 Å². The summed E-state index contributed by atoms with van der Waals surface area (Å²) in [6.07, 6.45) is 3.15. The molecule has 0 bridgehead atoms. The van der Waals surface area contributed by atoms with Crippen LogP contribution in [0.4, 0.5) is 4.39 Å². The zero-order valence-electron chi connectivity index (χ0n) is 13.3. The lowest BCUT2D eigenvalue weighted by Gasteiger charge is -2.06. The lowest BCUT2D eigenvalue weighted by molar-refractivity contribution is -0.120. The summed E-state index contributed by atoms with van der Waals surface area (Å²) < 4.78 is 17.9. The molecule has 122 valence electrons. The Bertz CT molecular complexity index is 608. The number of methoxy groups -OCH3 is 1. The molecule has 1 N–H and O–H groups in total. The molecule has 0 aliphatic rings. The summed E-state index contributed by atoms with van der Waals surface area (Å²) in [5, 5.41) is 2.92. The highest BCUT2D eigenvalue weighted by Gasteiger charge is 2.03. The molecule has 0 radical (unpaired) electrons. The van der Waals surface area contributed by atoms with Crippen LogP contribution in [0.15, 0.2) is 48.5 Å². The van der Waals surface area contributed by atoms with Crippen molar-refractivity contribution in [3.63, 3.8) is 0 Å². The van der Waals surface area contributed by atoms with E-state index in [2.05, 4.69) is 5.32 Å². The molecule has 1 amide bonds. The molecule has 0 atom stereocenters. The van der Waals surface area contributed by atoms with E-state index in [1.165, 1.54) is 12.1 Å². The van der Waals surface area contributed by atoms with E-state index in [0.29, 0.717) is 13.0 Å². The van der Waals surface area contributed by atoms with E-state index in [0.717, 1.165) is 36.1 Å². The van der Waals surface area contributed by atoms with E-state index in [1.807, 2.05) is 24.3 Å². The normalized spacial score (nSPS) is 10.3. The zero-order chi connectivity index (χ0) is 16.5. The molecule has 0 spiro atoms. The molecule has 0 saturated heterocycles. The Morgan fingerprint density at radius 3 is 2.30 bits per heavy atom. The number of hydrogen-bond donors (Lipinski definition) is 1. The van der Waals surface area contributed by atoms with Gasteiger partial charge in [-0.2, -0.15) is 0 Å². The molecule has 4 heteroatoms. The highest BCUT2D eigenvalue weighted by molar-refractivity contribution is 5.78. The Hall–Kier alpha value is -2.36. The number of benzene rings is 2. The summed E-state index contributed by atoms with van der Waals surface area (Å²) >= 11 is 0. The first kappa shape index (κ1) is 17.0. The third-order valence-corrected chi connectivity index (χ3v) is 3.65. The zero-order valence-corrected chi connectivity index (χ0v) is 13.3. The molecule has 0 aliphatic heterocycles. The van der Waals surface area contributed by atoms with Crippen LogP contribution in [0, 0.1) is 5.82 Å². The average Bonchev–Trinajstić information content (AvgIpc) is 2.57. The SMILES string of the molecule is COc1ccc(CC(=O)NCCCCc2ccc(F)cc2)cc1. The largest absolute Gasteiger partial charge is 0.497 e.